The zero-order valence-electron chi connectivity index (χ0n) is 9.86. The molecule has 0 saturated carbocycles. The summed E-state index contributed by atoms with van der Waals surface area (Å²) in [6.45, 7) is 1.33. The van der Waals surface area contributed by atoms with Crippen molar-refractivity contribution in [3.05, 3.63) is 33.6 Å². The molecule has 0 bridgehead atoms. The molecule has 2 heterocycles. The van der Waals surface area contributed by atoms with Gasteiger partial charge in [0.15, 0.2) is 0 Å². The van der Waals surface area contributed by atoms with Gasteiger partial charge in [-0.2, -0.15) is 0 Å². The maximum Gasteiger partial charge on any atom is 0.290 e. The Morgan fingerprint density at radius 3 is 2.78 bits per heavy atom. The van der Waals surface area contributed by atoms with Gasteiger partial charge in [-0.05, 0) is 13.0 Å². The Labute approximate surface area is 102 Å². The maximum atomic E-state index is 10.7. The summed E-state index contributed by atoms with van der Waals surface area (Å²) in [5.74, 6) is 0. The van der Waals surface area contributed by atoms with Gasteiger partial charge in [0.2, 0.25) is 0 Å². The molecule has 2 rings (SSSR count). The third kappa shape index (κ3) is 1.93. The number of aryl methyl sites for hydroxylation is 2. The lowest BCUT2D eigenvalue weighted by atomic mass is 10.2. The number of hydrogen-bond acceptors (Lipinski definition) is 6. The lowest BCUT2D eigenvalue weighted by Crippen LogP contribution is -2.00. The Kier molecular flexibility index (Phi) is 3.02. The maximum absolute atomic E-state index is 10.7. The fraction of sp³-hybridized carbons (Fsp3) is 0.300. The minimum absolute atomic E-state index is 0.0480. The zero-order chi connectivity index (χ0) is 13.3. The molecule has 2 aromatic heterocycles. The van der Waals surface area contributed by atoms with Gasteiger partial charge in [0.1, 0.15) is 11.4 Å². The predicted octanol–water partition coefficient (Wildman–Crippen LogP) is 0.586. The van der Waals surface area contributed by atoms with Crippen molar-refractivity contribution in [1.82, 2.24) is 20.0 Å². The van der Waals surface area contributed by atoms with Crippen LogP contribution in [0.15, 0.2) is 12.1 Å². The lowest BCUT2D eigenvalue weighted by Gasteiger charge is -2.02. The molecule has 0 unspecified atom stereocenters. The molecule has 0 saturated heterocycles. The molecule has 2 aromatic rings. The van der Waals surface area contributed by atoms with E-state index in [1.807, 2.05) is 0 Å². The quantitative estimate of drug-likeness (QED) is 0.630. The van der Waals surface area contributed by atoms with E-state index in [9.17, 15) is 15.2 Å². The van der Waals surface area contributed by atoms with Crippen molar-refractivity contribution in [3.63, 3.8) is 0 Å². The first kappa shape index (κ1) is 12.1. The molecule has 0 aliphatic carbocycles. The molecule has 0 fully saturated rings. The summed E-state index contributed by atoms with van der Waals surface area (Å²) in [6, 6.07) is 2.86. The molecule has 8 nitrogen and oxygen atoms in total. The summed E-state index contributed by atoms with van der Waals surface area (Å²) >= 11 is 0. The molecule has 8 heteroatoms. The van der Waals surface area contributed by atoms with Crippen molar-refractivity contribution >= 4 is 5.69 Å². The number of rotatable bonds is 3. The fourth-order valence-corrected chi connectivity index (χ4v) is 1.63. The van der Waals surface area contributed by atoms with Crippen LogP contribution in [0.1, 0.15) is 11.4 Å². The summed E-state index contributed by atoms with van der Waals surface area (Å²) in [5.41, 5.74) is 1.64. The van der Waals surface area contributed by atoms with Crippen LogP contribution in [0, 0.1) is 17.0 Å². The highest BCUT2D eigenvalue weighted by molar-refractivity contribution is 5.58. The van der Waals surface area contributed by atoms with Crippen LogP contribution in [-0.4, -0.2) is 30.0 Å². The van der Waals surface area contributed by atoms with Gasteiger partial charge in [0, 0.05) is 13.1 Å². The second-order valence-electron chi connectivity index (χ2n) is 3.72. The summed E-state index contributed by atoms with van der Waals surface area (Å²) in [4.78, 5) is 14.3. The minimum atomic E-state index is -0.490. The van der Waals surface area contributed by atoms with Gasteiger partial charge >= 0.3 is 0 Å². The number of aliphatic hydroxyl groups excluding tert-OH is 1. The van der Waals surface area contributed by atoms with Gasteiger partial charge in [-0.25, -0.2) is 9.67 Å². The van der Waals surface area contributed by atoms with Crippen molar-refractivity contribution in [3.8, 4) is 11.4 Å². The number of pyridine rings is 1. The molecular weight excluding hydrogens is 238 g/mol. The van der Waals surface area contributed by atoms with Gasteiger partial charge in [0.05, 0.1) is 22.9 Å². The van der Waals surface area contributed by atoms with Crippen molar-refractivity contribution in [2.45, 2.75) is 13.5 Å². The molecule has 0 aliphatic rings. The molecule has 1 N–H and O–H groups in total. The fourth-order valence-electron chi connectivity index (χ4n) is 1.63. The van der Waals surface area contributed by atoms with Crippen LogP contribution in [0.3, 0.4) is 0 Å². The molecule has 0 aromatic carbocycles. The average Bonchev–Trinajstić information content (AvgIpc) is 2.69. The van der Waals surface area contributed by atoms with E-state index in [0.717, 1.165) is 0 Å². The van der Waals surface area contributed by atoms with Gasteiger partial charge in [-0.15, -0.1) is 5.10 Å². The first-order valence-electron chi connectivity index (χ1n) is 5.16. The normalized spacial score (nSPS) is 10.6. The topological polar surface area (TPSA) is 107 Å². The molecule has 0 amide bonds. The Morgan fingerprint density at radius 1 is 1.50 bits per heavy atom. The standard InChI is InChI=1S/C10H11N5O3/c1-6-8(15(17)18)4-3-7(11-6)10-9(5-16)14(2)13-12-10/h3-4,16H,5H2,1-2H3. The molecule has 0 atom stereocenters. The van der Waals surface area contributed by atoms with Gasteiger partial charge < -0.3 is 5.11 Å². The summed E-state index contributed by atoms with van der Waals surface area (Å²) < 4.78 is 1.44. The summed E-state index contributed by atoms with van der Waals surface area (Å²) in [7, 11) is 1.65. The Bertz CT molecular complexity index is 608. The van der Waals surface area contributed by atoms with Crippen molar-refractivity contribution in [1.29, 1.82) is 0 Å². The number of aromatic nitrogens is 4. The van der Waals surface area contributed by atoms with E-state index in [0.29, 0.717) is 22.8 Å². The number of hydrogen-bond donors (Lipinski definition) is 1. The van der Waals surface area contributed by atoms with E-state index in [4.69, 9.17) is 0 Å². The number of aliphatic hydroxyl groups is 1. The van der Waals surface area contributed by atoms with Crippen molar-refractivity contribution in [2.24, 2.45) is 7.05 Å². The third-order valence-electron chi connectivity index (χ3n) is 2.59. The monoisotopic (exact) mass is 249 g/mol. The largest absolute Gasteiger partial charge is 0.390 e. The molecular formula is C10H11N5O3. The van der Waals surface area contributed by atoms with E-state index >= 15 is 0 Å². The third-order valence-corrected chi connectivity index (χ3v) is 2.59. The first-order chi connectivity index (χ1) is 8.54. The Morgan fingerprint density at radius 2 is 2.22 bits per heavy atom. The smallest absolute Gasteiger partial charge is 0.290 e. The highest BCUT2D eigenvalue weighted by Gasteiger charge is 2.17. The van der Waals surface area contributed by atoms with E-state index in [-0.39, 0.29) is 12.3 Å². The molecule has 94 valence electrons. The van der Waals surface area contributed by atoms with Crippen LogP contribution in [0.25, 0.3) is 11.4 Å². The minimum Gasteiger partial charge on any atom is -0.390 e. The van der Waals surface area contributed by atoms with Crippen molar-refractivity contribution < 1.29 is 10.0 Å². The van der Waals surface area contributed by atoms with Gasteiger partial charge in [-0.3, -0.25) is 10.1 Å². The van der Waals surface area contributed by atoms with Crippen LogP contribution in [0.5, 0.6) is 0 Å². The van der Waals surface area contributed by atoms with Gasteiger partial charge in [-0.1, -0.05) is 5.21 Å². The van der Waals surface area contributed by atoms with Crippen LogP contribution in [0.4, 0.5) is 5.69 Å². The summed E-state index contributed by atoms with van der Waals surface area (Å²) in [6.07, 6.45) is 0. The number of nitrogens with zero attached hydrogens (tertiary/aromatic N) is 5. The second-order valence-corrected chi connectivity index (χ2v) is 3.72. The molecule has 0 radical (unpaired) electrons. The van der Waals surface area contributed by atoms with E-state index in [1.165, 1.54) is 16.8 Å². The van der Waals surface area contributed by atoms with Crippen LogP contribution < -0.4 is 0 Å². The Balaban J connectivity index is 2.52. The van der Waals surface area contributed by atoms with Crippen LogP contribution in [0.2, 0.25) is 0 Å². The van der Waals surface area contributed by atoms with E-state index in [1.54, 1.807) is 14.0 Å². The second kappa shape index (κ2) is 4.49. The molecule has 0 spiro atoms. The van der Waals surface area contributed by atoms with Gasteiger partial charge in [0.25, 0.3) is 5.69 Å². The van der Waals surface area contributed by atoms with Crippen LogP contribution >= 0.6 is 0 Å². The highest BCUT2D eigenvalue weighted by Crippen LogP contribution is 2.23. The summed E-state index contributed by atoms with van der Waals surface area (Å²) in [5, 5.41) is 27.6. The van der Waals surface area contributed by atoms with E-state index < -0.39 is 4.92 Å². The SMILES string of the molecule is Cc1nc(-c2nnn(C)c2CO)ccc1[N+](=O)[O-]. The molecule has 0 aliphatic heterocycles. The van der Waals surface area contributed by atoms with E-state index in [2.05, 4.69) is 15.3 Å². The van der Waals surface area contributed by atoms with Crippen molar-refractivity contribution in [2.75, 3.05) is 0 Å². The lowest BCUT2D eigenvalue weighted by molar-refractivity contribution is -0.385. The zero-order valence-corrected chi connectivity index (χ0v) is 9.86. The molecule has 18 heavy (non-hydrogen) atoms. The first-order valence-corrected chi connectivity index (χ1v) is 5.16. The highest BCUT2D eigenvalue weighted by atomic mass is 16.6. The van der Waals surface area contributed by atoms with Crippen LogP contribution in [-0.2, 0) is 13.7 Å². The Hall–Kier alpha value is -2.35. The predicted molar refractivity (Wildman–Crippen MR) is 61.5 cm³/mol. The average molecular weight is 249 g/mol. The number of nitro groups is 1.